The summed E-state index contributed by atoms with van der Waals surface area (Å²) < 4.78 is 0. The van der Waals surface area contributed by atoms with E-state index in [1.54, 1.807) is 11.1 Å². The fraction of sp³-hybridized carbons (Fsp3) is 0.647. The van der Waals surface area contributed by atoms with Crippen molar-refractivity contribution in [1.82, 2.24) is 5.32 Å². The van der Waals surface area contributed by atoms with Crippen LogP contribution in [0.3, 0.4) is 0 Å². The molecule has 18 heavy (non-hydrogen) atoms. The first kappa shape index (κ1) is 12.2. The summed E-state index contributed by atoms with van der Waals surface area (Å²) in [4.78, 5) is 0. The van der Waals surface area contributed by atoms with Gasteiger partial charge in [-0.1, -0.05) is 30.7 Å². The first-order valence-electron chi connectivity index (χ1n) is 7.63. The molecule has 0 amide bonds. The smallest absolute Gasteiger partial charge is 0.00954 e. The van der Waals surface area contributed by atoms with Crippen LogP contribution in [0, 0.1) is 5.92 Å². The molecule has 0 aromatic heterocycles. The molecule has 3 rings (SSSR count). The molecule has 0 spiro atoms. The fourth-order valence-corrected chi connectivity index (χ4v) is 3.30. The Kier molecular flexibility index (Phi) is 3.69. The fourth-order valence-electron chi connectivity index (χ4n) is 3.30. The van der Waals surface area contributed by atoms with E-state index < -0.39 is 0 Å². The number of nitrogens with one attached hydrogen (secondary N) is 1. The summed E-state index contributed by atoms with van der Waals surface area (Å²) in [5, 5.41) is 3.51. The third-order valence-corrected chi connectivity index (χ3v) is 4.89. The summed E-state index contributed by atoms with van der Waals surface area (Å²) in [6.07, 6.45) is 9.70. The predicted molar refractivity (Wildman–Crippen MR) is 76.9 cm³/mol. The van der Waals surface area contributed by atoms with E-state index >= 15 is 0 Å². The minimum absolute atomic E-state index is 0.749. The molecule has 98 valence electrons. The van der Waals surface area contributed by atoms with Crippen LogP contribution in [0.1, 0.15) is 55.6 Å². The molecule has 1 atom stereocenters. The third-order valence-electron chi connectivity index (χ3n) is 4.89. The van der Waals surface area contributed by atoms with Crippen molar-refractivity contribution < 1.29 is 0 Å². The maximum atomic E-state index is 3.51. The van der Waals surface area contributed by atoms with Gasteiger partial charge in [0.1, 0.15) is 0 Å². The van der Waals surface area contributed by atoms with Gasteiger partial charge in [0, 0.05) is 6.04 Å². The van der Waals surface area contributed by atoms with Gasteiger partial charge in [0.05, 0.1) is 0 Å². The van der Waals surface area contributed by atoms with Crippen molar-refractivity contribution in [3.8, 4) is 0 Å². The molecular formula is C17H25N. The lowest BCUT2D eigenvalue weighted by atomic mass is 9.77. The molecule has 1 aromatic carbocycles. The maximum absolute atomic E-state index is 3.51. The Hall–Kier alpha value is -0.820. The molecule has 2 saturated carbocycles. The summed E-state index contributed by atoms with van der Waals surface area (Å²) in [5.41, 5.74) is 3.26. The van der Waals surface area contributed by atoms with Crippen molar-refractivity contribution >= 4 is 0 Å². The first-order valence-corrected chi connectivity index (χ1v) is 7.63. The van der Waals surface area contributed by atoms with E-state index in [1.807, 2.05) is 0 Å². The van der Waals surface area contributed by atoms with E-state index in [4.69, 9.17) is 0 Å². The van der Waals surface area contributed by atoms with Gasteiger partial charge in [0.2, 0.25) is 0 Å². The maximum Gasteiger partial charge on any atom is 0.00954 e. The lowest BCUT2D eigenvalue weighted by Crippen LogP contribution is -2.28. The molecule has 1 aromatic rings. The largest absolute Gasteiger partial charge is 0.317 e. The van der Waals surface area contributed by atoms with Crippen LogP contribution in [-0.4, -0.2) is 13.1 Å². The van der Waals surface area contributed by atoms with Crippen molar-refractivity contribution in [3.63, 3.8) is 0 Å². The van der Waals surface area contributed by atoms with Gasteiger partial charge in [-0.15, -0.1) is 0 Å². The molecule has 0 radical (unpaired) electrons. The SMILES string of the molecule is CNC(CCc1ccccc1C1CCC1)C1CC1. The summed E-state index contributed by atoms with van der Waals surface area (Å²) in [6, 6.07) is 9.90. The average molecular weight is 243 g/mol. The van der Waals surface area contributed by atoms with Gasteiger partial charge in [-0.3, -0.25) is 0 Å². The number of hydrogen-bond donors (Lipinski definition) is 1. The number of rotatable bonds is 6. The highest BCUT2D eigenvalue weighted by Gasteiger charge is 2.30. The van der Waals surface area contributed by atoms with Crippen LogP contribution in [0.5, 0.6) is 0 Å². The van der Waals surface area contributed by atoms with Gasteiger partial charge in [-0.2, -0.15) is 0 Å². The minimum atomic E-state index is 0.749. The number of hydrogen-bond acceptors (Lipinski definition) is 1. The van der Waals surface area contributed by atoms with Gasteiger partial charge in [0.15, 0.2) is 0 Å². The van der Waals surface area contributed by atoms with Crippen molar-refractivity contribution in [2.75, 3.05) is 7.05 Å². The van der Waals surface area contributed by atoms with Gasteiger partial charge >= 0.3 is 0 Å². The molecular weight excluding hydrogens is 218 g/mol. The molecule has 0 heterocycles. The van der Waals surface area contributed by atoms with Gasteiger partial charge < -0.3 is 5.32 Å². The van der Waals surface area contributed by atoms with Crippen LogP contribution >= 0.6 is 0 Å². The van der Waals surface area contributed by atoms with Crippen LogP contribution in [-0.2, 0) is 6.42 Å². The molecule has 1 unspecified atom stereocenters. The second kappa shape index (κ2) is 5.44. The summed E-state index contributed by atoms with van der Waals surface area (Å²) >= 11 is 0. The summed E-state index contributed by atoms with van der Waals surface area (Å²) in [7, 11) is 2.13. The highest BCUT2D eigenvalue weighted by atomic mass is 14.9. The van der Waals surface area contributed by atoms with Crippen LogP contribution in [0.15, 0.2) is 24.3 Å². The van der Waals surface area contributed by atoms with Gasteiger partial charge in [-0.25, -0.2) is 0 Å². The molecule has 1 nitrogen and oxygen atoms in total. The van der Waals surface area contributed by atoms with Crippen molar-refractivity contribution in [1.29, 1.82) is 0 Å². The zero-order valence-electron chi connectivity index (χ0n) is 11.5. The van der Waals surface area contributed by atoms with E-state index in [-0.39, 0.29) is 0 Å². The van der Waals surface area contributed by atoms with Gasteiger partial charge in [-0.05, 0) is 68.5 Å². The second-order valence-electron chi connectivity index (χ2n) is 6.10. The number of benzene rings is 1. The number of aryl methyl sites for hydroxylation is 1. The summed E-state index contributed by atoms with van der Waals surface area (Å²) in [5.74, 6) is 1.83. The molecule has 0 saturated heterocycles. The predicted octanol–water partition coefficient (Wildman–Crippen LogP) is 3.88. The van der Waals surface area contributed by atoms with Gasteiger partial charge in [0.25, 0.3) is 0 Å². The molecule has 1 N–H and O–H groups in total. The highest BCUT2D eigenvalue weighted by Crippen LogP contribution is 2.39. The van der Waals surface area contributed by atoms with Crippen molar-refractivity contribution in [2.24, 2.45) is 5.92 Å². The standard InChI is InChI=1S/C17H25N/c1-18-17(15-9-10-15)12-11-14-5-2-3-8-16(14)13-6-4-7-13/h2-3,5,8,13,15,17-18H,4,6-7,9-12H2,1H3. The molecule has 1 heteroatoms. The summed E-state index contributed by atoms with van der Waals surface area (Å²) in [6.45, 7) is 0. The third kappa shape index (κ3) is 2.61. The van der Waals surface area contributed by atoms with E-state index in [9.17, 15) is 0 Å². The lowest BCUT2D eigenvalue weighted by molar-refractivity contribution is 0.414. The Morgan fingerprint density at radius 1 is 1.17 bits per heavy atom. The highest BCUT2D eigenvalue weighted by molar-refractivity contribution is 5.31. The Morgan fingerprint density at radius 2 is 1.94 bits per heavy atom. The van der Waals surface area contributed by atoms with Crippen molar-refractivity contribution in [3.05, 3.63) is 35.4 Å². The van der Waals surface area contributed by atoms with E-state index in [0.717, 1.165) is 17.9 Å². The lowest BCUT2D eigenvalue weighted by Gasteiger charge is -2.28. The molecule has 0 bridgehead atoms. The van der Waals surface area contributed by atoms with Crippen LogP contribution < -0.4 is 5.32 Å². The Balaban J connectivity index is 1.64. The van der Waals surface area contributed by atoms with Crippen molar-refractivity contribution in [2.45, 2.75) is 56.9 Å². The quantitative estimate of drug-likeness (QED) is 0.799. The molecule has 2 fully saturated rings. The topological polar surface area (TPSA) is 12.0 Å². The normalized spacial score (nSPS) is 21.6. The van der Waals surface area contributed by atoms with Crippen LogP contribution in [0.25, 0.3) is 0 Å². The average Bonchev–Trinajstić information content (AvgIpc) is 3.14. The molecule has 2 aliphatic carbocycles. The zero-order valence-corrected chi connectivity index (χ0v) is 11.5. The van der Waals surface area contributed by atoms with Crippen LogP contribution in [0.2, 0.25) is 0 Å². The molecule has 2 aliphatic rings. The Morgan fingerprint density at radius 3 is 2.56 bits per heavy atom. The molecule has 0 aliphatic heterocycles. The van der Waals surface area contributed by atoms with Crippen LogP contribution in [0.4, 0.5) is 0 Å². The monoisotopic (exact) mass is 243 g/mol. The Bertz CT molecular complexity index is 390. The Labute approximate surface area is 111 Å². The second-order valence-corrected chi connectivity index (χ2v) is 6.10. The zero-order chi connectivity index (χ0) is 12.4. The van der Waals surface area contributed by atoms with E-state index in [0.29, 0.717) is 0 Å². The van der Waals surface area contributed by atoms with E-state index in [2.05, 4.69) is 36.6 Å². The minimum Gasteiger partial charge on any atom is -0.317 e. The van der Waals surface area contributed by atoms with E-state index in [1.165, 1.54) is 44.9 Å². The first-order chi connectivity index (χ1) is 8.88.